The van der Waals surface area contributed by atoms with Gasteiger partial charge in [-0.1, -0.05) is 20.8 Å². The van der Waals surface area contributed by atoms with Crippen molar-refractivity contribution < 1.29 is 138 Å². The zero-order valence-electron chi connectivity index (χ0n) is 23.2. The number of ketones is 1. The molecule has 3 aliphatic carbocycles. The molecule has 2 radical (unpaired) electrons. The molecular formula is C26H39Ac2NO10. The molecular weight excluding hydrogens is 940 g/mol. The first-order valence-electron chi connectivity index (χ1n) is 12.8. The molecule has 39 heavy (non-hydrogen) atoms. The predicted octanol–water partition coefficient (Wildman–Crippen LogP) is -1.03. The molecule has 0 aromatic heterocycles. The van der Waals surface area contributed by atoms with Gasteiger partial charge in [0.1, 0.15) is 17.8 Å². The second-order valence-electron chi connectivity index (χ2n) is 12.1. The summed E-state index contributed by atoms with van der Waals surface area (Å²) in [6.45, 7) is 9.17. The minimum atomic E-state index is -1.75. The van der Waals surface area contributed by atoms with Crippen LogP contribution in [0, 0.1) is 111 Å². The summed E-state index contributed by atoms with van der Waals surface area (Å²) in [4.78, 5) is 37.9. The van der Waals surface area contributed by atoms with Crippen molar-refractivity contribution in [3.8, 4) is 0 Å². The molecule has 2 bridgehead atoms. The Balaban J connectivity index is 0.00000267. The number of rotatable bonds is 4. The third kappa shape index (κ3) is 5.45. The Morgan fingerprint density at radius 3 is 2.28 bits per heavy atom. The summed E-state index contributed by atoms with van der Waals surface area (Å²) < 4.78 is 11.0. The van der Waals surface area contributed by atoms with Crippen LogP contribution >= 0.6 is 0 Å². The van der Waals surface area contributed by atoms with Gasteiger partial charge in [0.25, 0.3) is 0 Å². The maximum atomic E-state index is 13.9. The van der Waals surface area contributed by atoms with E-state index in [1.54, 1.807) is 20.8 Å². The molecule has 1 heterocycles. The normalized spacial score (nSPS) is 43.7. The Morgan fingerprint density at radius 2 is 1.77 bits per heavy atom. The monoisotopic (exact) mass is 979 g/mol. The number of aliphatic hydroxyl groups excluding tert-OH is 3. The smallest absolute Gasteiger partial charge is 0.337 e. The maximum absolute atomic E-state index is 13.9. The van der Waals surface area contributed by atoms with Crippen molar-refractivity contribution >= 4 is 17.7 Å². The average Bonchev–Trinajstić information content (AvgIpc) is 2.80. The summed E-state index contributed by atoms with van der Waals surface area (Å²) in [5.41, 5.74) is -5.86. The number of aliphatic hydroxyl groups is 5. The molecule has 1 saturated heterocycles. The minimum absolute atomic E-state index is 0. The van der Waals surface area contributed by atoms with Crippen LogP contribution in [0.3, 0.4) is 0 Å². The average molecular weight is 980 g/mol. The SMILES string of the molecule is CC(=O)NC(C)[C@@H](O)C(=O)OC1C=C2[C@@H](O)C(=O)[C@@]3(C)[C@H]([C@H](C)[C@](O)(C1)C2(C)C)[C@]1(O)CO[C@@H]1C[C@@H]3O.[Ac].[Ac]. The van der Waals surface area contributed by atoms with Crippen LogP contribution < -0.4 is 5.32 Å². The fourth-order valence-electron chi connectivity index (χ4n) is 7.46. The van der Waals surface area contributed by atoms with E-state index < -0.39 is 88.1 Å². The zero-order chi connectivity index (χ0) is 27.9. The Bertz CT molecular complexity index is 1040. The van der Waals surface area contributed by atoms with Gasteiger partial charge in [0, 0.05) is 119 Å². The van der Waals surface area contributed by atoms with Gasteiger partial charge in [-0.2, -0.15) is 0 Å². The van der Waals surface area contributed by atoms with Gasteiger partial charge >= 0.3 is 5.97 Å². The molecule has 0 aromatic rings. The molecule has 214 valence electrons. The third-order valence-corrected chi connectivity index (χ3v) is 9.81. The third-order valence-electron chi connectivity index (χ3n) is 9.81. The van der Waals surface area contributed by atoms with E-state index >= 15 is 0 Å². The van der Waals surface area contributed by atoms with Crippen molar-refractivity contribution in [2.24, 2.45) is 22.7 Å². The van der Waals surface area contributed by atoms with Crippen LogP contribution in [0.5, 0.6) is 0 Å². The first-order chi connectivity index (χ1) is 16.9. The van der Waals surface area contributed by atoms with Gasteiger partial charge in [-0.15, -0.1) is 0 Å². The van der Waals surface area contributed by atoms with Crippen molar-refractivity contribution in [2.45, 2.75) is 102 Å². The number of hydrogen-bond acceptors (Lipinski definition) is 10. The number of esters is 1. The van der Waals surface area contributed by atoms with Crippen LogP contribution in [0.1, 0.15) is 54.4 Å². The quantitative estimate of drug-likeness (QED) is 0.151. The Labute approximate surface area is 299 Å². The number of Topliss-reactive ketones (excluding diaryl/α,β-unsaturated/α-hetero) is 1. The number of carbonyl (C=O) groups is 3. The second kappa shape index (κ2) is 12.2. The van der Waals surface area contributed by atoms with E-state index in [1.807, 2.05) is 0 Å². The summed E-state index contributed by atoms with van der Waals surface area (Å²) in [7, 11) is 0. The minimum Gasteiger partial charge on any atom is -0.456 e. The van der Waals surface area contributed by atoms with Gasteiger partial charge in [0.05, 0.1) is 35.9 Å². The Kier molecular flexibility index (Phi) is 11.3. The Morgan fingerprint density at radius 1 is 1.18 bits per heavy atom. The molecule has 11 atom stereocenters. The molecule has 1 aliphatic heterocycles. The maximum Gasteiger partial charge on any atom is 0.337 e. The summed E-state index contributed by atoms with van der Waals surface area (Å²) in [6, 6.07) is -0.938. The van der Waals surface area contributed by atoms with Crippen LogP contribution in [-0.2, 0) is 23.9 Å². The molecule has 0 spiro atoms. The molecule has 1 amide bonds. The van der Waals surface area contributed by atoms with E-state index in [9.17, 15) is 39.9 Å². The number of nitrogens with one attached hydrogen (secondary N) is 1. The molecule has 3 fully saturated rings. The number of fused-ring (bicyclic) bond motifs is 5. The van der Waals surface area contributed by atoms with E-state index in [1.165, 1.54) is 26.8 Å². The topological polar surface area (TPSA) is 183 Å². The van der Waals surface area contributed by atoms with Crippen molar-refractivity contribution in [1.29, 1.82) is 0 Å². The van der Waals surface area contributed by atoms with E-state index in [-0.39, 0.29) is 113 Å². The molecule has 0 aromatic carbocycles. The standard InChI is InChI=1S/C26H39NO10.2Ac/c1-11-20-24(6,16(29)8-17-25(20,34)10-36-17)21(32)19(31)15-7-14(9-26(11,35)23(15,4)5)37-22(33)18(30)12(2)27-13(3)28;;/h7,11-12,14,16-20,29-31,34-35H,8-10H2,1-6H3,(H,27,28);;/t11-,12?,14?,16-,17+,18+,19+,20-,24+,25-,26+;;/m0../s1. The molecule has 13 heteroatoms. The fourth-order valence-corrected chi connectivity index (χ4v) is 7.46. The van der Waals surface area contributed by atoms with Gasteiger partial charge in [0.2, 0.25) is 5.91 Å². The van der Waals surface area contributed by atoms with Gasteiger partial charge in [-0.3, -0.25) is 9.59 Å². The van der Waals surface area contributed by atoms with E-state index in [0.29, 0.717) is 0 Å². The van der Waals surface area contributed by atoms with Crippen molar-refractivity contribution in [2.75, 3.05) is 6.61 Å². The Hall–Kier alpha value is 0.993. The molecule has 11 nitrogen and oxygen atoms in total. The van der Waals surface area contributed by atoms with Crippen LogP contribution in [0.2, 0.25) is 0 Å². The van der Waals surface area contributed by atoms with Gasteiger partial charge in [0.15, 0.2) is 11.9 Å². The number of amides is 1. The summed E-state index contributed by atoms with van der Waals surface area (Å²) in [5.74, 6) is -3.97. The van der Waals surface area contributed by atoms with E-state index in [4.69, 9.17) is 9.47 Å². The molecule has 2 saturated carbocycles. The van der Waals surface area contributed by atoms with E-state index in [2.05, 4.69) is 5.32 Å². The van der Waals surface area contributed by atoms with Gasteiger partial charge < -0.3 is 40.3 Å². The van der Waals surface area contributed by atoms with Crippen molar-refractivity contribution in [3.05, 3.63) is 11.6 Å². The summed E-state index contributed by atoms with van der Waals surface area (Å²) in [6.07, 6.45) is -5.23. The molecule has 4 rings (SSSR count). The summed E-state index contributed by atoms with van der Waals surface area (Å²) in [5, 5.41) is 59.2. The van der Waals surface area contributed by atoms with Crippen LogP contribution in [-0.4, -0.2) is 97.6 Å². The van der Waals surface area contributed by atoms with Gasteiger partial charge in [-0.05, 0) is 31.4 Å². The zero-order valence-corrected chi connectivity index (χ0v) is 32.7. The predicted molar refractivity (Wildman–Crippen MR) is 128 cm³/mol. The first kappa shape index (κ1) is 36.2. The molecule has 4 aliphatic rings. The van der Waals surface area contributed by atoms with Crippen molar-refractivity contribution in [3.63, 3.8) is 0 Å². The first-order valence-corrected chi connectivity index (χ1v) is 12.8. The molecule has 6 N–H and O–H groups in total. The second-order valence-corrected chi connectivity index (χ2v) is 12.1. The fraction of sp³-hybridized carbons (Fsp3) is 0.808. The van der Waals surface area contributed by atoms with E-state index in [0.717, 1.165) is 0 Å². The van der Waals surface area contributed by atoms with Crippen molar-refractivity contribution in [1.82, 2.24) is 5.32 Å². The number of carbonyl (C=O) groups excluding carboxylic acids is 3. The largest absolute Gasteiger partial charge is 0.456 e. The molecule has 2 unspecified atom stereocenters. The van der Waals surface area contributed by atoms with Crippen LogP contribution in [0.25, 0.3) is 0 Å². The van der Waals surface area contributed by atoms with Crippen LogP contribution in [0.15, 0.2) is 11.6 Å². The van der Waals surface area contributed by atoms with Crippen LogP contribution in [0.4, 0.5) is 0 Å². The number of hydrogen-bond donors (Lipinski definition) is 6. The summed E-state index contributed by atoms with van der Waals surface area (Å²) >= 11 is 0. The number of ether oxygens (including phenoxy) is 2. The van der Waals surface area contributed by atoms with Gasteiger partial charge in [-0.25, -0.2) is 4.79 Å².